The number of piperidine rings is 1. The lowest BCUT2D eigenvalue weighted by Gasteiger charge is -2.36. The van der Waals surface area contributed by atoms with Gasteiger partial charge in [-0.2, -0.15) is 0 Å². The van der Waals surface area contributed by atoms with E-state index in [4.69, 9.17) is 5.73 Å². The van der Waals surface area contributed by atoms with Crippen molar-refractivity contribution in [2.75, 3.05) is 13.1 Å². The number of nitrogens with zero attached hydrogens (tertiary/aromatic N) is 1. The Balaban J connectivity index is 2.12. The van der Waals surface area contributed by atoms with E-state index < -0.39 is 0 Å². The highest BCUT2D eigenvalue weighted by molar-refractivity contribution is 7.10. The normalized spacial score (nSPS) is 22.5. The molecule has 0 amide bonds. The van der Waals surface area contributed by atoms with Gasteiger partial charge in [0.1, 0.15) is 0 Å². The summed E-state index contributed by atoms with van der Waals surface area (Å²) < 4.78 is 0. The molecule has 2 unspecified atom stereocenters. The zero-order chi connectivity index (χ0) is 10.7. The first kappa shape index (κ1) is 11.1. The second-order valence-corrected chi connectivity index (χ2v) is 5.40. The van der Waals surface area contributed by atoms with Crippen LogP contribution in [0.2, 0.25) is 0 Å². The molecule has 0 aromatic carbocycles. The van der Waals surface area contributed by atoms with Crippen molar-refractivity contribution in [1.29, 1.82) is 0 Å². The van der Waals surface area contributed by atoms with E-state index in [2.05, 4.69) is 29.3 Å². The largest absolute Gasteiger partial charge is 0.326 e. The van der Waals surface area contributed by atoms with Crippen molar-refractivity contribution < 1.29 is 0 Å². The minimum Gasteiger partial charge on any atom is -0.326 e. The molecule has 84 valence electrons. The molecule has 1 saturated heterocycles. The van der Waals surface area contributed by atoms with Crippen molar-refractivity contribution in [3.63, 3.8) is 0 Å². The monoisotopic (exact) mass is 224 g/mol. The topological polar surface area (TPSA) is 29.3 Å². The molecule has 1 aromatic heterocycles. The van der Waals surface area contributed by atoms with Crippen LogP contribution in [-0.2, 0) is 0 Å². The molecule has 0 radical (unpaired) electrons. The predicted molar refractivity (Wildman–Crippen MR) is 66.1 cm³/mol. The molecule has 1 aromatic rings. The molecule has 0 spiro atoms. The van der Waals surface area contributed by atoms with Crippen LogP contribution in [0.4, 0.5) is 0 Å². The van der Waals surface area contributed by atoms with Gasteiger partial charge in [-0.15, -0.1) is 11.3 Å². The summed E-state index contributed by atoms with van der Waals surface area (Å²) in [5.41, 5.74) is 6.12. The Labute approximate surface area is 96.1 Å². The van der Waals surface area contributed by atoms with E-state index in [0.717, 1.165) is 0 Å². The fourth-order valence-corrected chi connectivity index (χ4v) is 3.40. The zero-order valence-electron chi connectivity index (χ0n) is 9.36. The lowest BCUT2D eigenvalue weighted by Crippen LogP contribution is -2.41. The minimum absolute atomic E-state index is 0.224. The van der Waals surface area contributed by atoms with Crippen molar-refractivity contribution >= 4 is 11.3 Å². The smallest absolute Gasteiger partial charge is 0.0590 e. The summed E-state index contributed by atoms with van der Waals surface area (Å²) in [6, 6.07) is 5.00. The summed E-state index contributed by atoms with van der Waals surface area (Å²) in [7, 11) is 0. The summed E-state index contributed by atoms with van der Waals surface area (Å²) in [6.45, 7) is 4.55. The number of hydrogen-bond acceptors (Lipinski definition) is 3. The number of thiophene rings is 1. The van der Waals surface area contributed by atoms with Gasteiger partial charge in [-0.25, -0.2) is 0 Å². The Bertz CT molecular complexity index is 276. The Morgan fingerprint density at radius 2 is 2.07 bits per heavy atom. The van der Waals surface area contributed by atoms with Crippen LogP contribution < -0.4 is 5.73 Å². The van der Waals surface area contributed by atoms with Crippen LogP contribution in [0, 0.1) is 0 Å². The lowest BCUT2D eigenvalue weighted by atomic mass is 10.0. The molecular weight excluding hydrogens is 204 g/mol. The second-order valence-electron chi connectivity index (χ2n) is 4.42. The zero-order valence-corrected chi connectivity index (χ0v) is 10.2. The third kappa shape index (κ3) is 2.60. The number of hydrogen-bond donors (Lipinski definition) is 1. The summed E-state index contributed by atoms with van der Waals surface area (Å²) in [6.07, 6.45) is 4.04. The van der Waals surface area contributed by atoms with Crippen LogP contribution in [0.5, 0.6) is 0 Å². The molecule has 2 heterocycles. The van der Waals surface area contributed by atoms with Crippen molar-refractivity contribution in [3.8, 4) is 0 Å². The van der Waals surface area contributed by atoms with Crippen molar-refractivity contribution in [2.24, 2.45) is 5.73 Å². The standard InChI is InChI=1S/C12H20N2S/c1-10(13)12(11-6-5-9-15-11)14-7-3-2-4-8-14/h5-6,9-10,12H,2-4,7-8,13H2,1H3. The highest BCUT2D eigenvalue weighted by Gasteiger charge is 2.25. The summed E-state index contributed by atoms with van der Waals surface area (Å²) >= 11 is 1.83. The molecule has 15 heavy (non-hydrogen) atoms. The van der Waals surface area contributed by atoms with Crippen molar-refractivity contribution in [1.82, 2.24) is 4.90 Å². The highest BCUT2D eigenvalue weighted by Crippen LogP contribution is 2.29. The number of rotatable bonds is 3. The molecule has 2 atom stereocenters. The third-order valence-corrected chi connectivity index (χ3v) is 4.06. The molecule has 1 fully saturated rings. The summed E-state index contributed by atoms with van der Waals surface area (Å²) in [5.74, 6) is 0. The molecule has 2 nitrogen and oxygen atoms in total. The van der Waals surface area contributed by atoms with Crippen LogP contribution >= 0.6 is 11.3 Å². The van der Waals surface area contributed by atoms with E-state index in [0.29, 0.717) is 6.04 Å². The number of likely N-dealkylation sites (tertiary alicyclic amines) is 1. The maximum Gasteiger partial charge on any atom is 0.0590 e. The van der Waals surface area contributed by atoms with E-state index in [-0.39, 0.29) is 6.04 Å². The maximum atomic E-state index is 6.12. The summed E-state index contributed by atoms with van der Waals surface area (Å²) in [4.78, 5) is 3.98. The fourth-order valence-electron chi connectivity index (χ4n) is 2.43. The van der Waals surface area contributed by atoms with E-state index in [1.807, 2.05) is 11.3 Å². The van der Waals surface area contributed by atoms with E-state index in [9.17, 15) is 0 Å². The Morgan fingerprint density at radius 1 is 1.33 bits per heavy atom. The van der Waals surface area contributed by atoms with Gasteiger partial charge in [0.15, 0.2) is 0 Å². The van der Waals surface area contributed by atoms with Crippen LogP contribution in [0.25, 0.3) is 0 Å². The Kier molecular flexibility index (Phi) is 3.78. The van der Waals surface area contributed by atoms with E-state index in [1.54, 1.807) is 0 Å². The van der Waals surface area contributed by atoms with E-state index in [1.165, 1.54) is 37.2 Å². The molecule has 2 rings (SSSR count). The highest BCUT2D eigenvalue weighted by atomic mass is 32.1. The molecule has 3 heteroatoms. The van der Waals surface area contributed by atoms with Gasteiger partial charge in [0.05, 0.1) is 6.04 Å². The van der Waals surface area contributed by atoms with E-state index >= 15 is 0 Å². The SMILES string of the molecule is CC(N)C(c1cccs1)N1CCCCC1. The first-order valence-corrected chi connectivity index (χ1v) is 6.70. The van der Waals surface area contributed by atoms with Crippen LogP contribution in [0.3, 0.4) is 0 Å². The second kappa shape index (κ2) is 5.10. The predicted octanol–water partition coefficient (Wildman–Crippen LogP) is 2.62. The van der Waals surface area contributed by atoms with Gasteiger partial charge in [-0.05, 0) is 44.3 Å². The summed E-state index contributed by atoms with van der Waals surface area (Å²) in [5, 5.41) is 2.15. The quantitative estimate of drug-likeness (QED) is 0.855. The third-order valence-electron chi connectivity index (χ3n) is 3.12. The van der Waals surface area contributed by atoms with Gasteiger partial charge >= 0.3 is 0 Å². The molecule has 0 saturated carbocycles. The van der Waals surface area contributed by atoms with Gasteiger partial charge in [-0.3, -0.25) is 4.90 Å². The molecule has 1 aliphatic rings. The molecule has 0 bridgehead atoms. The first-order valence-electron chi connectivity index (χ1n) is 5.82. The van der Waals surface area contributed by atoms with Crippen LogP contribution in [-0.4, -0.2) is 24.0 Å². The average molecular weight is 224 g/mol. The van der Waals surface area contributed by atoms with Gasteiger partial charge in [0, 0.05) is 10.9 Å². The Hall–Kier alpha value is -0.380. The number of nitrogens with two attached hydrogens (primary N) is 1. The fraction of sp³-hybridized carbons (Fsp3) is 0.667. The van der Waals surface area contributed by atoms with Crippen LogP contribution in [0.15, 0.2) is 17.5 Å². The van der Waals surface area contributed by atoms with Crippen LogP contribution in [0.1, 0.15) is 37.1 Å². The molecule has 1 aliphatic heterocycles. The van der Waals surface area contributed by atoms with Crippen molar-refractivity contribution in [3.05, 3.63) is 22.4 Å². The van der Waals surface area contributed by atoms with Gasteiger partial charge in [0.25, 0.3) is 0 Å². The van der Waals surface area contributed by atoms with Gasteiger partial charge < -0.3 is 5.73 Å². The molecule has 0 aliphatic carbocycles. The lowest BCUT2D eigenvalue weighted by molar-refractivity contribution is 0.149. The average Bonchev–Trinajstić information content (AvgIpc) is 2.72. The molecular formula is C12H20N2S. The molecule has 2 N–H and O–H groups in total. The maximum absolute atomic E-state index is 6.12. The first-order chi connectivity index (χ1) is 7.29. The van der Waals surface area contributed by atoms with Gasteiger partial charge in [0.2, 0.25) is 0 Å². The van der Waals surface area contributed by atoms with Gasteiger partial charge in [-0.1, -0.05) is 12.5 Å². The minimum atomic E-state index is 0.224. The van der Waals surface area contributed by atoms with Crippen molar-refractivity contribution in [2.45, 2.75) is 38.3 Å². The Morgan fingerprint density at radius 3 is 2.60 bits per heavy atom.